The standard InChI is InChI=1S/C15H28N4S2/c1-5-7-19-15(17-10-18-19)8-13(16-6-2)14-9-20-11(3)12(4)21-14/h10-14,16H,5-9H2,1-4H3. The van der Waals surface area contributed by atoms with Crippen LogP contribution in [0.1, 0.15) is 39.9 Å². The third-order valence-electron chi connectivity index (χ3n) is 4.02. The summed E-state index contributed by atoms with van der Waals surface area (Å²) in [5, 5.41) is 10.2. The van der Waals surface area contributed by atoms with Crippen molar-refractivity contribution in [1.82, 2.24) is 20.1 Å². The van der Waals surface area contributed by atoms with E-state index in [0.717, 1.165) is 42.3 Å². The van der Waals surface area contributed by atoms with E-state index >= 15 is 0 Å². The molecule has 0 aromatic carbocycles. The Morgan fingerprint density at radius 1 is 1.38 bits per heavy atom. The second-order valence-corrected chi connectivity index (χ2v) is 8.72. The molecule has 2 rings (SSSR count). The smallest absolute Gasteiger partial charge is 0.138 e. The van der Waals surface area contributed by atoms with E-state index in [9.17, 15) is 0 Å². The first-order chi connectivity index (χ1) is 10.2. The van der Waals surface area contributed by atoms with Crippen LogP contribution in [0.5, 0.6) is 0 Å². The van der Waals surface area contributed by atoms with E-state index in [1.807, 2.05) is 0 Å². The van der Waals surface area contributed by atoms with Gasteiger partial charge in [-0.1, -0.05) is 27.7 Å². The maximum absolute atomic E-state index is 4.48. The van der Waals surface area contributed by atoms with Gasteiger partial charge in [0.2, 0.25) is 0 Å². The minimum absolute atomic E-state index is 0.488. The lowest BCUT2D eigenvalue weighted by Crippen LogP contribution is -2.45. The molecular weight excluding hydrogens is 300 g/mol. The van der Waals surface area contributed by atoms with Crippen molar-refractivity contribution in [3.8, 4) is 0 Å². The second-order valence-electron chi connectivity index (χ2n) is 5.69. The van der Waals surface area contributed by atoms with Gasteiger partial charge in [-0.2, -0.15) is 28.6 Å². The lowest BCUT2D eigenvalue weighted by Gasteiger charge is -2.36. The third-order valence-corrected chi connectivity index (χ3v) is 7.57. The second kappa shape index (κ2) is 8.44. The van der Waals surface area contributed by atoms with Gasteiger partial charge in [-0.05, 0) is 13.0 Å². The number of hydrogen-bond acceptors (Lipinski definition) is 5. The number of likely N-dealkylation sites (N-methyl/N-ethyl adjacent to an activating group) is 1. The molecule has 1 fully saturated rings. The van der Waals surface area contributed by atoms with Crippen LogP contribution in [0, 0.1) is 0 Å². The molecule has 1 N–H and O–H groups in total. The van der Waals surface area contributed by atoms with Crippen LogP contribution in [0.25, 0.3) is 0 Å². The van der Waals surface area contributed by atoms with Gasteiger partial charge in [0.25, 0.3) is 0 Å². The largest absolute Gasteiger partial charge is 0.313 e. The minimum Gasteiger partial charge on any atom is -0.313 e. The Morgan fingerprint density at radius 2 is 2.19 bits per heavy atom. The summed E-state index contributed by atoms with van der Waals surface area (Å²) in [6.45, 7) is 11.1. The van der Waals surface area contributed by atoms with Gasteiger partial charge < -0.3 is 5.32 Å². The number of rotatable bonds is 7. The normalized spacial score (nSPS) is 27.7. The molecule has 120 valence electrons. The Morgan fingerprint density at radius 3 is 2.86 bits per heavy atom. The van der Waals surface area contributed by atoms with E-state index in [1.54, 1.807) is 6.33 Å². The molecule has 0 saturated carbocycles. The fourth-order valence-corrected chi connectivity index (χ4v) is 5.79. The zero-order chi connectivity index (χ0) is 15.2. The van der Waals surface area contributed by atoms with E-state index in [0.29, 0.717) is 11.3 Å². The highest BCUT2D eigenvalue weighted by molar-refractivity contribution is 8.07. The topological polar surface area (TPSA) is 42.7 Å². The van der Waals surface area contributed by atoms with Crippen LogP contribution in [0.2, 0.25) is 0 Å². The Balaban J connectivity index is 2.03. The summed E-state index contributed by atoms with van der Waals surface area (Å²) in [7, 11) is 0. The molecule has 4 nitrogen and oxygen atoms in total. The van der Waals surface area contributed by atoms with Crippen LogP contribution < -0.4 is 5.32 Å². The molecule has 0 bridgehead atoms. The van der Waals surface area contributed by atoms with Gasteiger partial charge in [0.05, 0.1) is 0 Å². The molecule has 1 saturated heterocycles. The number of aromatic nitrogens is 3. The summed E-state index contributed by atoms with van der Waals surface area (Å²) in [6, 6.07) is 0.488. The molecule has 6 heteroatoms. The van der Waals surface area contributed by atoms with Crippen molar-refractivity contribution < 1.29 is 0 Å². The fourth-order valence-electron chi connectivity index (χ4n) is 2.66. The number of aryl methyl sites for hydroxylation is 1. The van der Waals surface area contributed by atoms with Crippen molar-refractivity contribution in [3.05, 3.63) is 12.2 Å². The zero-order valence-corrected chi connectivity index (χ0v) is 15.2. The number of thioether (sulfide) groups is 2. The third kappa shape index (κ3) is 4.63. The number of nitrogens with one attached hydrogen (secondary N) is 1. The lowest BCUT2D eigenvalue weighted by molar-refractivity contribution is 0.481. The summed E-state index contributed by atoms with van der Waals surface area (Å²) >= 11 is 4.25. The molecule has 0 aliphatic carbocycles. The molecule has 1 aliphatic heterocycles. The van der Waals surface area contributed by atoms with Gasteiger partial charge in [-0.15, -0.1) is 0 Å². The molecule has 1 aromatic rings. The van der Waals surface area contributed by atoms with Gasteiger partial charge >= 0.3 is 0 Å². The van der Waals surface area contributed by atoms with E-state index in [1.165, 1.54) is 5.75 Å². The van der Waals surface area contributed by atoms with Crippen molar-refractivity contribution in [2.75, 3.05) is 12.3 Å². The molecule has 0 amide bonds. The Bertz CT molecular complexity index is 424. The molecule has 4 atom stereocenters. The van der Waals surface area contributed by atoms with Crippen LogP contribution >= 0.6 is 23.5 Å². The van der Waals surface area contributed by atoms with E-state index in [-0.39, 0.29) is 0 Å². The molecule has 0 spiro atoms. The predicted octanol–water partition coefficient (Wildman–Crippen LogP) is 2.83. The van der Waals surface area contributed by atoms with Crippen molar-refractivity contribution in [1.29, 1.82) is 0 Å². The average molecular weight is 329 g/mol. The summed E-state index contributed by atoms with van der Waals surface area (Å²) in [4.78, 5) is 4.48. The summed E-state index contributed by atoms with van der Waals surface area (Å²) in [5.74, 6) is 2.36. The van der Waals surface area contributed by atoms with Gasteiger partial charge in [0.15, 0.2) is 0 Å². The van der Waals surface area contributed by atoms with Crippen LogP contribution in [0.4, 0.5) is 0 Å². The van der Waals surface area contributed by atoms with Crippen LogP contribution in [-0.4, -0.2) is 48.9 Å². The summed E-state index contributed by atoms with van der Waals surface area (Å²) < 4.78 is 2.07. The van der Waals surface area contributed by atoms with Gasteiger partial charge in [-0.3, -0.25) is 4.68 Å². The van der Waals surface area contributed by atoms with Crippen molar-refractivity contribution in [2.24, 2.45) is 0 Å². The van der Waals surface area contributed by atoms with Gasteiger partial charge in [0, 0.05) is 40.5 Å². The Hall–Kier alpha value is -0.200. The van der Waals surface area contributed by atoms with E-state index in [4.69, 9.17) is 0 Å². The predicted molar refractivity (Wildman–Crippen MR) is 94.2 cm³/mol. The molecule has 2 heterocycles. The van der Waals surface area contributed by atoms with Crippen molar-refractivity contribution in [3.63, 3.8) is 0 Å². The molecule has 0 radical (unpaired) electrons. The fraction of sp³-hybridized carbons (Fsp3) is 0.867. The highest BCUT2D eigenvalue weighted by Crippen LogP contribution is 2.37. The first-order valence-corrected chi connectivity index (χ1v) is 10.0. The monoisotopic (exact) mass is 328 g/mol. The maximum atomic E-state index is 4.48. The first kappa shape index (κ1) is 17.2. The average Bonchev–Trinajstić information content (AvgIpc) is 2.89. The number of nitrogens with zero attached hydrogens (tertiary/aromatic N) is 3. The molecule has 21 heavy (non-hydrogen) atoms. The summed E-state index contributed by atoms with van der Waals surface area (Å²) in [5.41, 5.74) is 0. The molecule has 4 unspecified atom stereocenters. The van der Waals surface area contributed by atoms with E-state index < -0.39 is 0 Å². The Kier molecular flexibility index (Phi) is 6.89. The highest BCUT2D eigenvalue weighted by atomic mass is 32.2. The summed E-state index contributed by atoms with van der Waals surface area (Å²) in [6.07, 6.45) is 3.78. The molecule has 1 aromatic heterocycles. The van der Waals surface area contributed by atoms with Gasteiger partial charge in [0.1, 0.15) is 12.2 Å². The van der Waals surface area contributed by atoms with Crippen molar-refractivity contribution >= 4 is 23.5 Å². The van der Waals surface area contributed by atoms with Crippen molar-refractivity contribution in [2.45, 2.75) is 68.9 Å². The SMILES string of the molecule is CCCn1ncnc1CC(NCC)C1CSC(C)C(C)S1. The lowest BCUT2D eigenvalue weighted by atomic mass is 10.1. The molecule has 1 aliphatic rings. The molecular formula is C15H28N4S2. The van der Waals surface area contributed by atoms with Crippen LogP contribution in [-0.2, 0) is 13.0 Å². The number of hydrogen-bond donors (Lipinski definition) is 1. The highest BCUT2D eigenvalue weighted by Gasteiger charge is 2.31. The first-order valence-electron chi connectivity index (χ1n) is 8.02. The van der Waals surface area contributed by atoms with E-state index in [2.05, 4.69) is 71.3 Å². The maximum Gasteiger partial charge on any atom is 0.138 e. The quantitative estimate of drug-likeness (QED) is 0.834. The Labute approximate surface area is 137 Å². The van der Waals surface area contributed by atoms with Crippen LogP contribution in [0.3, 0.4) is 0 Å². The van der Waals surface area contributed by atoms with Crippen LogP contribution in [0.15, 0.2) is 6.33 Å². The minimum atomic E-state index is 0.488. The van der Waals surface area contributed by atoms with Gasteiger partial charge in [-0.25, -0.2) is 4.98 Å². The zero-order valence-electron chi connectivity index (χ0n) is 13.6.